The van der Waals surface area contributed by atoms with Crippen LogP contribution in [-0.4, -0.2) is 42.4 Å². The highest BCUT2D eigenvalue weighted by molar-refractivity contribution is 6.06. The molecule has 7 heteroatoms. The number of nitrogens with zero attached hydrogens (tertiary/aromatic N) is 1. The van der Waals surface area contributed by atoms with Gasteiger partial charge in [0.1, 0.15) is 6.04 Å². The summed E-state index contributed by atoms with van der Waals surface area (Å²) in [6.07, 6.45) is 2.30. The summed E-state index contributed by atoms with van der Waals surface area (Å²) in [5.41, 5.74) is 8.47. The second-order valence-electron chi connectivity index (χ2n) is 7.14. The van der Waals surface area contributed by atoms with E-state index in [4.69, 9.17) is 10.5 Å². The molecule has 1 saturated heterocycles. The lowest BCUT2D eigenvalue weighted by Gasteiger charge is -2.33. The van der Waals surface area contributed by atoms with Crippen molar-refractivity contribution in [2.24, 2.45) is 0 Å². The average molecular weight is 395 g/mol. The molecule has 152 valence electrons. The lowest BCUT2D eigenvalue weighted by Crippen LogP contribution is -2.48. The van der Waals surface area contributed by atoms with Crippen molar-refractivity contribution < 1.29 is 19.1 Å². The summed E-state index contributed by atoms with van der Waals surface area (Å²) in [5.74, 6) is -0.958. The summed E-state index contributed by atoms with van der Waals surface area (Å²) >= 11 is 0. The van der Waals surface area contributed by atoms with Crippen molar-refractivity contribution in [3.05, 3.63) is 59.2 Å². The van der Waals surface area contributed by atoms with E-state index in [1.54, 1.807) is 47.4 Å². The highest BCUT2D eigenvalue weighted by Gasteiger charge is 2.33. The zero-order valence-electron chi connectivity index (χ0n) is 16.6. The number of piperidine rings is 1. The number of esters is 1. The maximum absolute atomic E-state index is 13.0. The van der Waals surface area contributed by atoms with Gasteiger partial charge in [0.05, 0.1) is 7.11 Å². The molecule has 0 aromatic heterocycles. The summed E-state index contributed by atoms with van der Waals surface area (Å²) < 4.78 is 4.85. The second kappa shape index (κ2) is 8.77. The minimum Gasteiger partial charge on any atom is -0.467 e. The molecule has 0 aliphatic carbocycles. The van der Waals surface area contributed by atoms with Gasteiger partial charge in [-0.15, -0.1) is 0 Å². The molecule has 1 aliphatic heterocycles. The van der Waals surface area contributed by atoms with Gasteiger partial charge in [0.15, 0.2) is 0 Å². The van der Waals surface area contributed by atoms with Crippen molar-refractivity contribution in [3.63, 3.8) is 0 Å². The summed E-state index contributed by atoms with van der Waals surface area (Å²) in [6.45, 7) is 2.33. The number of amides is 2. The number of ether oxygens (including phenoxy) is 1. The van der Waals surface area contributed by atoms with Crippen molar-refractivity contribution in [1.29, 1.82) is 0 Å². The van der Waals surface area contributed by atoms with Gasteiger partial charge in [-0.25, -0.2) is 4.79 Å². The Bertz CT molecular complexity index is 941. The largest absolute Gasteiger partial charge is 0.467 e. The van der Waals surface area contributed by atoms with Gasteiger partial charge < -0.3 is 20.7 Å². The Hall–Kier alpha value is -3.35. The number of hydrogen-bond donors (Lipinski definition) is 2. The molecular formula is C22H25N3O4. The molecule has 0 spiro atoms. The molecule has 1 fully saturated rings. The molecule has 1 heterocycles. The minimum absolute atomic E-state index is 0.253. The third-order valence-electron chi connectivity index (χ3n) is 5.11. The van der Waals surface area contributed by atoms with Crippen molar-refractivity contribution in [2.45, 2.75) is 32.2 Å². The summed E-state index contributed by atoms with van der Waals surface area (Å²) in [6, 6.07) is 11.3. The Morgan fingerprint density at radius 2 is 1.93 bits per heavy atom. The van der Waals surface area contributed by atoms with Gasteiger partial charge in [0.2, 0.25) is 0 Å². The monoisotopic (exact) mass is 395 g/mol. The molecule has 1 aliphatic rings. The van der Waals surface area contributed by atoms with E-state index < -0.39 is 12.0 Å². The van der Waals surface area contributed by atoms with Gasteiger partial charge in [-0.1, -0.05) is 12.1 Å². The topological polar surface area (TPSA) is 102 Å². The number of benzene rings is 2. The maximum atomic E-state index is 13.0. The Morgan fingerprint density at radius 3 is 2.69 bits per heavy atom. The lowest BCUT2D eigenvalue weighted by atomic mass is 10.0. The van der Waals surface area contributed by atoms with Crippen LogP contribution in [0.2, 0.25) is 0 Å². The normalized spacial score (nSPS) is 16.2. The van der Waals surface area contributed by atoms with Crippen LogP contribution >= 0.6 is 0 Å². The number of nitrogens with one attached hydrogen (secondary N) is 1. The van der Waals surface area contributed by atoms with Crippen molar-refractivity contribution >= 4 is 29.2 Å². The van der Waals surface area contributed by atoms with Crippen molar-refractivity contribution in [2.75, 3.05) is 24.7 Å². The quantitative estimate of drug-likeness (QED) is 0.612. The Labute approximate surface area is 169 Å². The molecule has 3 N–H and O–H groups in total. The SMILES string of the molecule is COC(=O)C1CCCCN1C(=O)c1cccc(NC(=O)c2cc(N)ccc2C)c1. The number of methoxy groups -OCH3 is 1. The zero-order chi connectivity index (χ0) is 21.0. The van der Waals surface area contributed by atoms with Crippen LogP contribution in [0.15, 0.2) is 42.5 Å². The first-order valence-corrected chi connectivity index (χ1v) is 9.57. The number of hydrogen-bond acceptors (Lipinski definition) is 5. The lowest BCUT2D eigenvalue weighted by molar-refractivity contribution is -0.147. The fourth-order valence-electron chi connectivity index (χ4n) is 3.53. The predicted molar refractivity (Wildman–Crippen MR) is 111 cm³/mol. The smallest absolute Gasteiger partial charge is 0.328 e. The highest BCUT2D eigenvalue weighted by atomic mass is 16.5. The first-order valence-electron chi connectivity index (χ1n) is 9.57. The maximum Gasteiger partial charge on any atom is 0.328 e. The van der Waals surface area contributed by atoms with Crippen LogP contribution in [0.3, 0.4) is 0 Å². The van der Waals surface area contributed by atoms with Crippen molar-refractivity contribution in [1.82, 2.24) is 4.90 Å². The van der Waals surface area contributed by atoms with E-state index in [0.29, 0.717) is 35.5 Å². The van der Waals surface area contributed by atoms with E-state index in [1.165, 1.54) is 7.11 Å². The predicted octanol–water partition coefficient (Wildman–Crippen LogP) is 3.00. The standard InChI is InChI=1S/C22H25N3O4/c1-14-9-10-16(23)13-18(14)20(26)24-17-7-5-6-15(12-17)21(27)25-11-4-3-8-19(25)22(28)29-2/h5-7,9-10,12-13,19H,3-4,8,11,23H2,1-2H3,(H,24,26). The Kier molecular flexibility index (Phi) is 6.16. The molecule has 2 aromatic rings. The van der Waals surface area contributed by atoms with E-state index in [0.717, 1.165) is 18.4 Å². The molecule has 0 bridgehead atoms. The summed E-state index contributed by atoms with van der Waals surface area (Å²) in [7, 11) is 1.33. The van der Waals surface area contributed by atoms with E-state index in [9.17, 15) is 14.4 Å². The first kappa shape index (κ1) is 20.4. The minimum atomic E-state index is -0.575. The third kappa shape index (κ3) is 4.56. The van der Waals surface area contributed by atoms with E-state index >= 15 is 0 Å². The number of carbonyl (C=O) groups is 3. The van der Waals surface area contributed by atoms with Gasteiger partial charge in [-0.3, -0.25) is 9.59 Å². The highest BCUT2D eigenvalue weighted by Crippen LogP contribution is 2.22. The zero-order valence-corrected chi connectivity index (χ0v) is 16.6. The molecule has 2 aromatic carbocycles. The van der Waals surface area contributed by atoms with Crippen LogP contribution in [0.4, 0.5) is 11.4 Å². The number of nitrogens with two attached hydrogens (primary N) is 1. The van der Waals surface area contributed by atoms with E-state index in [1.807, 2.05) is 6.92 Å². The molecule has 2 amide bonds. The van der Waals surface area contributed by atoms with Gasteiger partial charge in [0, 0.05) is 29.0 Å². The first-order chi connectivity index (χ1) is 13.9. The van der Waals surface area contributed by atoms with Crippen LogP contribution in [0.25, 0.3) is 0 Å². The Balaban J connectivity index is 1.80. The molecular weight excluding hydrogens is 370 g/mol. The van der Waals surface area contributed by atoms with Crippen LogP contribution in [0, 0.1) is 6.92 Å². The molecule has 7 nitrogen and oxygen atoms in total. The molecule has 3 rings (SSSR count). The van der Waals surface area contributed by atoms with Gasteiger partial charge >= 0.3 is 5.97 Å². The molecule has 0 saturated carbocycles. The van der Waals surface area contributed by atoms with Gasteiger partial charge in [0.25, 0.3) is 11.8 Å². The fourth-order valence-corrected chi connectivity index (χ4v) is 3.53. The fraction of sp³-hybridized carbons (Fsp3) is 0.318. The average Bonchev–Trinajstić information content (AvgIpc) is 2.74. The molecule has 29 heavy (non-hydrogen) atoms. The second-order valence-corrected chi connectivity index (χ2v) is 7.14. The molecule has 1 unspecified atom stereocenters. The van der Waals surface area contributed by atoms with Crippen LogP contribution in [0.1, 0.15) is 45.5 Å². The number of anilines is 2. The number of rotatable bonds is 4. The summed E-state index contributed by atoms with van der Waals surface area (Å²) in [4.78, 5) is 39.3. The number of nitrogen functional groups attached to an aromatic ring is 1. The number of likely N-dealkylation sites (tertiary alicyclic amines) is 1. The van der Waals surface area contributed by atoms with E-state index in [-0.39, 0.29) is 11.8 Å². The number of carbonyl (C=O) groups excluding carboxylic acids is 3. The van der Waals surface area contributed by atoms with E-state index in [2.05, 4.69) is 5.32 Å². The summed E-state index contributed by atoms with van der Waals surface area (Å²) in [5, 5.41) is 2.81. The molecule has 1 atom stereocenters. The van der Waals surface area contributed by atoms with Crippen LogP contribution < -0.4 is 11.1 Å². The van der Waals surface area contributed by atoms with Gasteiger partial charge in [-0.2, -0.15) is 0 Å². The van der Waals surface area contributed by atoms with Gasteiger partial charge in [-0.05, 0) is 62.1 Å². The van der Waals surface area contributed by atoms with Crippen molar-refractivity contribution in [3.8, 4) is 0 Å². The third-order valence-corrected chi connectivity index (χ3v) is 5.11. The Morgan fingerprint density at radius 1 is 1.14 bits per heavy atom. The molecule has 0 radical (unpaired) electrons. The van der Waals surface area contributed by atoms with Crippen LogP contribution in [-0.2, 0) is 9.53 Å². The van der Waals surface area contributed by atoms with Crippen LogP contribution in [0.5, 0.6) is 0 Å². The number of aryl methyl sites for hydroxylation is 1.